The summed E-state index contributed by atoms with van der Waals surface area (Å²) in [7, 11) is -2.43. The molecule has 4 aliphatic rings. The van der Waals surface area contributed by atoms with Crippen molar-refractivity contribution in [3.05, 3.63) is 0 Å². The minimum Gasteiger partial charge on any atom is -0.393 e. The summed E-state index contributed by atoms with van der Waals surface area (Å²) in [6.07, 6.45) is 20.0. The molecule has 0 saturated heterocycles. The molecule has 5 unspecified atom stereocenters. The molecule has 0 heterocycles. The fourth-order valence-electron chi connectivity index (χ4n) is 11.3. The van der Waals surface area contributed by atoms with Gasteiger partial charge in [0.1, 0.15) is 0 Å². The van der Waals surface area contributed by atoms with Gasteiger partial charge < -0.3 is 21.5 Å². The zero-order valence-electron chi connectivity index (χ0n) is 32.7. The van der Waals surface area contributed by atoms with Crippen LogP contribution >= 0.6 is 0 Å². The summed E-state index contributed by atoms with van der Waals surface area (Å²) in [5, 5.41) is 18.1. The van der Waals surface area contributed by atoms with Crippen molar-refractivity contribution < 1.29 is 22.3 Å². The summed E-state index contributed by atoms with van der Waals surface area (Å²) in [5.41, 5.74) is 6.09. The van der Waals surface area contributed by atoms with Crippen molar-refractivity contribution in [2.45, 2.75) is 163 Å². The molecule has 4 fully saturated rings. The molecule has 0 aromatic rings. The summed E-state index contributed by atoms with van der Waals surface area (Å²) in [6, 6.07) is 0. The molecular weight excluding hydrogens is 635 g/mol. The van der Waals surface area contributed by atoms with E-state index in [1.54, 1.807) is 0 Å². The van der Waals surface area contributed by atoms with Gasteiger partial charge in [-0.1, -0.05) is 73.6 Å². The summed E-state index contributed by atoms with van der Waals surface area (Å²) >= 11 is 0. The Kier molecular flexibility index (Phi) is 17.8. The first-order chi connectivity index (χ1) is 23.2. The van der Waals surface area contributed by atoms with Crippen molar-refractivity contribution in [1.29, 1.82) is 0 Å². The average Bonchev–Trinajstić information content (AvgIpc) is 3.39. The predicted octanol–water partition coefficient (Wildman–Crippen LogP) is 8.00. The van der Waals surface area contributed by atoms with E-state index in [0.29, 0.717) is 47.3 Å². The minimum atomic E-state index is -4.43. The van der Waals surface area contributed by atoms with E-state index in [2.05, 4.69) is 38.3 Å². The summed E-state index contributed by atoms with van der Waals surface area (Å²) in [4.78, 5) is 0. The summed E-state index contributed by atoms with van der Waals surface area (Å²) in [6.45, 7) is 18.0. The van der Waals surface area contributed by atoms with E-state index < -0.39 is 16.5 Å². The highest BCUT2D eigenvalue weighted by molar-refractivity contribution is 7.80. The molecule has 11 atom stereocenters. The quantitative estimate of drug-likeness (QED) is 0.0672. The Balaban J connectivity index is 0.000000367. The topological polar surface area (TPSA) is 134 Å². The first-order valence-corrected chi connectivity index (χ1v) is 21.9. The van der Waals surface area contributed by atoms with Gasteiger partial charge in [0.15, 0.2) is 0 Å². The van der Waals surface area contributed by atoms with Gasteiger partial charge in [0, 0.05) is 0 Å². The summed E-state index contributed by atoms with van der Waals surface area (Å²) < 4.78 is 36.8. The minimum absolute atomic E-state index is 0.0285. The van der Waals surface area contributed by atoms with Crippen LogP contribution in [0.4, 0.5) is 0 Å². The molecular formula is C40H79N3O5S. The van der Waals surface area contributed by atoms with E-state index >= 15 is 0 Å². The fourth-order valence-corrected chi connectivity index (χ4v) is 11.9. The molecule has 6 N–H and O–H groups in total. The molecule has 0 aliphatic heterocycles. The molecule has 0 amide bonds. The number of hydrogen-bond acceptors (Lipinski definition) is 7. The Morgan fingerprint density at radius 1 is 0.837 bits per heavy atom. The van der Waals surface area contributed by atoms with Crippen LogP contribution in [-0.2, 0) is 14.6 Å². The van der Waals surface area contributed by atoms with Crippen LogP contribution in [0.25, 0.3) is 0 Å². The second-order valence-corrected chi connectivity index (χ2v) is 18.9. The smallest absolute Gasteiger partial charge is 0.393 e. The van der Waals surface area contributed by atoms with E-state index in [-0.39, 0.29) is 17.4 Å². The second kappa shape index (κ2) is 20.2. The first kappa shape index (κ1) is 43.1. The highest BCUT2D eigenvalue weighted by Crippen LogP contribution is 2.68. The fraction of sp³-hybridized carbons (Fsp3) is 1.00. The number of aliphatic hydroxyl groups excluding tert-OH is 1. The number of nitrogens with two attached hydrogens (primary N) is 1. The largest absolute Gasteiger partial charge is 0.397 e. The lowest BCUT2D eigenvalue weighted by Gasteiger charge is -2.62. The predicted molar refractivity (Wildman–Crippen MR) is 204 cm³/mol. The highest BCUT2D eigenvalue weighted by atomic mass is 32.3. The Morgan fingerprint density at radius 3 is 2.12 bits per heavy atom. The molecule has 0 aromatic carbocycles. The molecule has 4 rings (SSSR count). The van der Waals surface area contributed by atoms with E-state index in [9.17, 15) is 18.1 Å². The number of hydrogen-bond donors (Lipinski definition) is 5. The van der Waals surface area contributed by atoms with Gasteiger partial charge >= 0.3 is 10.4 Å². The maximum atomic E-state index is 11.5. The normalized spacial score (nSPS) is 35.5. The third kappa shape index (κ3) is 12.1. The lowest BCUT2D eigenvalue weighted by molar-refractivity contribution is -0.168. The monoisotopic (exact) mass is 714 g/mol. The van der Waals surface area contributed by atoms with Gasteiger partial charge in [-0.05, 0) is 168 Å². The highest BCUT2D eigenvalue weighted by Gasteiger charge is 2.62. The Morgan fingerprint density at radius 2 is 1.47 bits per heavy atom. The maximum absolute atomic E-state index is 11.5. The molecule has 4 saturated carbocycles. The Bertz CT molecular complexity index is 1030. The van der Waals surface area contributed by atoms with Crippen molar-refractivity contribution in [2.24, 2.45) is 63.9 Å². The first-order valence-electron chi connectivity index (χ1n) is 20.6. The van der Waals surface area contributed by atoms with Crippen molar-refractivity contribution in [3.8, 4) is 0 Å². The van der Waals surface area contributed by atoms with Gasteiger partial charge in [-0.15, -0.1) is 0 Å². The van der Waals surface area contributed by atoms with Crippen LogP contribution in [0.5, 0.6) is 0 Å². The second-order valence-electron chi connectivity index (χ2n) is 17.9. The van der Waals surface area contributed by atoms with Crippen LogP contribution in [0.15, 0.2) is 0 Å². The third-order valence-electron chi connectivity index (χ3n) is 14.2. The van der Waals surface area contributed by atoms with Gasteiger partial charge in [0.2, 0.25) is 0 Å². The van der Waals surface area contributed by atoms with Gasteiger partial charge in [-0.2, -0.15) is 8.42 Å². The number of rotatable bonds is 19. The maximum Gasteiger partial charge on any atom is 0.397 e. The van der Waals surface area contributed by atoms with Crippen LogP contribution in [0.1, 0.15) is 151 Å². The third-order valence-corrected chi connectivity index (χ3v) is 14.7. The molecule has 0 spiro atoms. The lowest BCUT2D eigenvalue weighted by Crippen LogP contribution is -2.58. The van der Waals surface area contributed by atoms with Crippen LogP contribution in [-0.4, -0.2) is 63.5 Å². The molecule has 49 heavy (non-hydrogen) atoms. The Labute approximate surface area is 302 Å². The van der Waals surface area contributed by atoms with E-state index in [1.165, 1.54) is 96.4 Å². The van der Waals surface area contributed by atoms with Gasteiger partial charge in [0.05, 0.1) is 12.2 Å². The molecule has 0 aromatic heterocycles. The van der Waals surface area contributed by atoms with Gasteiger partial charge in [-0.3, -0.25) is 4.55 Å². The number of unbranched alkanes of at least 4 members (excludes halogenated alkanes) is 5. The molecule has 0 radical (unpaired) electrons. The average molecular weight is 714 g/mol. The number of fused-ring (bicyclic) bond motifs is 5. The van der Waals surface area contributed by atoms with Crippen LogP contribution < -0.4 is 16.4 Å². The van der Waals surface area contributed by atoms with Gasteiger partial charge in [-0.25, -0.2) is 4.18 Å². The van der Waals surface area contributed by atoms with Crippen molar-refractivity contribution in [3.63, 3.8) is 0 Å². The van der Waals surface area contributed by atoms with E-state index in [1.807, 2.05) is 20.9 Å². The van der Waals surface area contributed by atoms with Crippen LogP contribution in [0.2, 0.25) is 0 Å². The molecule has 9 heteroatoms. The molecule has 290 valence electrons. The zero-order chi connectivity index (χ0) is 36.2. The van der Waals surface area contributed by atoms with Crippen LogP contribution in [0.3, 0.4) is 0 Å². The number of nitrogens with one attached hydrogen (secondary N) is 2. The Hall–Kier alpha value is -0.290. The van der Waals surface area contributed by atoms with E-state index in [4.69, 9.17) is 9.92 Å². The van der Waals surface area contributed by atoms with E-state index in [0.717, 1.165) is 38.4 Å². The number of aliphatic hydroxyl groups is 1. The molecule has 4 aliphatic carbocycles. The SMILES string of the molecule is CC(C)C(CC[C@@H](C)C1CCC2C3C(CC[C@@]21C)[C@@]1(C)CC[C@H](C)C[C@@H]1C[C@H]3O)OS(=O)(=O)O.CNCCCNCCCCCCCCN. The zero-order valence-corrected chi connectivity index (χ0v) is 33.5. The van der Waals surface area contributed by atoms with Crippen molar-refractivity contribution in [1.82, 2.24) is 10.6 Å². The van der Waals surface area contributed by atoms with Crippen LogP contribution in [0, 0.1) is 58.2 Å². The van der Waals surface area contributed by atoms with Crippen molar-refractivity contribution >= 4 is 10.4 Å². The van der Waals surface area contributed by atoms with Gasteiger partial charge in [0.25, 0.3) is 0 Å². The molecule has 0 bridgehead atoms. The molecule has 8 nitrogen and oxygen atoms in total. The summed E-state index contributed by atoms with van der Waals surface area (Å²) in [5.74, 6) is 4.28. The standard InChI is InChI=1S/C28H50O5S.C12H29N3/c1-17(2)25(33-34(30,31)32)10-7-19(4)21-8-9-22-26-23(12-14-28(21,22)6)27(5)13-11-18(3)15-20(27)16-24(26)29;1-14-10-8-12-15-11-7-5-3-2-4-6-9-13/h17-26,29H,7-16H2,1-6H3,(H,30,31,32);14-15H,2-13H2,1H3/t18-,19+,20+,21?,22?,23?,24+,25?,26?,27-,28+;/m0./s1. The lowest BCUT2D eigenvalue weighted by atomic mass is 9.43. The van der Waals surface area contributed by atoms with Crippen molar-refractivity contribution in [2.75, 3.05) is 33.2 Å².